The van der Waals surface area contributed by atoms with Gasteiger partial charge in [0.25, 0.3) is 0 Å². The molecule has 5 nitrogen and oxygen atoms in total. The zero-order valence-corrected chi connectivity index (χ0v) is 11.5. The molecule has 2 atom stereocenters. The molecule has 1 aliphatic rings. The molecular formula is C13H12ClF2N3O2. The molecule has 0 heterocycles. The van der Waals surface area contributed by atoms with E-state index >= 15 is 0 Å². The normalized spacial score (nSPS) is 20.0. The molecule has 1 aromatic rings. The summed E-state index contributed by atoms with van der Waals surface area (Å²) in [6.07, 6.45) is -0.823. The summed E-state index contributed by atoms with van der Waals surface area (Å²) in [5.74, 6) is -5.46. The van der Waals surface area contributed by atoms with Crippen LogP contribution in [0.1, 0.15) is 24.3 Å². The first-order valence-corrected chi connectivity index (χ1v) is 6.62. The molecule has 2 unspecified atom stereocenters. The lowest BCUT2D eigenvalue weighted by molar-refractivity contribution is -0.144. The molecule has 0 aliphatic heterocycles. The molecule has 0 radical (unpaired) electrons. The van der Waals surface area contributed by atoms with Crippen LogP contribution in [0.3, 0.4) is 0 Å². The van der Waals surface area contributed by atoms with E-state index in [1.165, 1.54) is 0 Å². The highest BCUT2D eigenvalue weighted by Crippen LogP contribution is 2.50. The number of hydrogen-bond acceptors (Lipinski definition) is 2. The molecular weight excluding hydrogens is 304 g/mol. The Hall–Kier alpha value is -1.85. The molecule has 0 saturated heterocycles. The van der Waals surface area contributed by atoms with Gasteiger partial charge in [-0.3, -0.25) is 4.79 Å². The third-order valence-electron chi connectivity index (χ3n) is 3.65. The van der Waals surface area contributed by atoms with Gasteiger partial charge >= 0.3 is 5.97 Å². The van der Waals surface area contributed by atoms with Gasteiger partial charge in [-0.2, -0.15) is 0 Å². The summed E-state index contributed by atoms with van der Waals surface area (Å²) in [6, 6.07) is 4.83. The predicted molar refractivity (Wildman–Crippen MR) is 72.4 cm³/mol. The van der Waals surface area contributed by atoms with Crippen LogP contribution in [-0.4, -0.2) is 23.0 Å². The van der Waals surface area contributed by atoms with Crippen LogP contribution in [-0.2, 0) is 4.79 Å². The van der Waals surface area contributed by atoms with E-state index in [0.717, 1.165) is 0 Å². The summed E-state index contributed by atoms with van der Waals surface area (Å²) in [6.45, 7) is 0. The number of aliphatic carboxylic acids is 1. The number of azide groups is 1. The average molecular weight is 316 g/mol. The van der Waals surface area contributed by atoms with E-state index in [9.17, 15) is 18.7 Å². The lowest BCUT2D eigenvalue weighted by atomic mass is 9.68. The van der Waals surface area contributed by atoms with Crippen molar-refractivity contribution < 1.29 is 18.7 Å². The van der Waals surface area contributed by atoms with E-state index in [2.05, 4.69) is 10.0 Å². The number of nitrogens with zero attached hydrogens (tertiary/aromatic N) is 3. The molecule has 0 aromatic heterocycles. The maximum absolute atomic E-state index is 13.1. The minimum Gasteiger partial charge on any atom is -0.481 e. The van der Waals surface area contributed by atoms with Crippen LogP contribution in [0, 0.1) is 5.92 Å². The highest BCUT2D eigenvalue weighted by molar-refractivity contribution is 6.30. The average Bonchev–Trinajstić information content (AvgIpc) is 2.37. The van der Waals surface area contributed by atoms with E-state index in [1.54, 1.807) is 24.3 Å². The van der Waals surface area contributed by atoms with Crippen LogP contribution >= 0.6 is 11.6 Å². The van der Waals surface area contributed by atoms with Crippen molar-refractivity contribution in [1.29, 1.82) is 0 Å². The van der Waals surface area contributed by atoms with Gasteiger partial charge < -0.3 is 5.11 Å². The number of carbonyl (C=O) groups is 1. The number of rotatable bonds is 5. The summed E-state index contributed by atoms with van der Waals surface area (Å²) in [4.78, 5) is 13.8. The van der Waals surface area contributed by atoms with Gasteiger partial charge in [0, 0.05) is 28.7 Å². The molecule has 1 aromatic carbocycles. The van der Waals surface area contributed by atoms with Gasteiger partial charge in [-0.25, -0.2) is 8.78 Å². The molecule has 1 aliphatic carbocycles. The molecule has 1 N–H and O–H groups in total. The van der Waals surface area contributed by atoms with Crippen molar-refractivity contribution in [3.63, 3.8) is 0 Å². The highest BCUT2D eigenvalue weighted by Gasteiger charge is 2.51. The quantitative estimate of drug-likeness (QED) is 0.500. The second-order valence-corrected chi connectivity index (χ2v) is 5.53. The van der Waals surface area contributed by atoms with E-state index in [-0.39, 0.29) is 0 Å². The molecule has 2 rings (SSSR count). The maximum Gasteiger partial charge on any atom is 0.313 e. The maximum atomic E-state index is 13.1. The highest BCUT2D eigenvalue weighted by atomic mass is 35.5. The van der Waals surface area contributed by atoms with Crippen molar-refractivity contribution in [2.24, 2.45) is 11.0 Å². The summed E-state index contributed by atoms with van der Waals surface area (Å²) >= 11 is 5.77. The Morgan fingerprint density at radius 1 is 1.43 bits per heavy atom. The number of halogens is 3. The number of alkyl halides is 2. The first kappa shape index (κ1) is 15.5. The Kier molecular flexibility index (Phi) is 4.34. The topological polar surface area (TPSA) is 86.1 Å². The lowest BCUT2D eigenvalue weighted by Gasteiger charge is -2.41. The number of hydrogen-bond donors (Lipinski definition) is 1. The van der Waals surface area contributed by atoms with Crippen molar-refractivity contribution in [3.05, 3.63) is 45.3 Å². The van der Waals surface area contributed by atoms with Crippen LogP contribution in [0.25, 0.3) is 10.4 Å². The Bertz CT molecular complexity index is 578. The zero-order chi connectivity index (χ0) is 15.6. The Labute approximate surface area is 124 Å². The third-order valence-corrected chi connectivity index (χ3v) is 3.91. The smallest absolute Gasteiger partial charge is 0.313 e. The van der Waals surface area contributed by atoms with E-state index in [4.69, 9.17) is 17.1 Å². The van der Waals surface area contributed by atoms with Crippen LogP contribution in [0.15, 0.2) is 29.4 Å². The number of carboxylic acid groups (broad SMARTS) is 1. The third kappa shape index (κ3) is 3.43. The van der Waals surface area contributed by atoms with Gasteiger partial charge in [-0.15, -0.1) is 0 Å². The first-order valence-electron chi connectivity index (χ1n) is 6.24. The fraction of sp³-hybridized carbons (Fsp3) is 0.462. The monoisotopic (exact) mass is 315 g/mol. The van der Waals surface area contributed by atoms with Gasteiger partial charge in [0.05, 0.1) is 0 Å². The molecule has 0 spiro atoms. The van der Waals surface area contributed by atoms with Crippen LogP contribution in [0.5, 0.6) is 0 Å². The standard InChI is InChI=1S/C13H12ClF2N3O2/c14-9-3-1-7(2-4-9)10(8-5-13(15,16)6-8)11(12(20)21)18-19-17/h1-4,8,10-11H,5-6H2,(H,20,21). The van der Waals surface area contributed by atoms with E-state index in [1.807, 2.05) is 0 Å². The minimum absolute atomic E-state index is 0.412. The van der Waals surface area contributed by atoms with E-state index in [0.29, 0.717) is 10.6 Å². The van der Waals surface area contributed by atoms with Gasteiger partial charge in [0.15, 0.2) is 0 Å². The summed E-state index contributed by atoms with van der Waals surface area (Å²) in [7, 11) is 0. The Morgan fingerprint density at radius 3 is 2.43 bits per heavy atom. The molecule has 21 heavy (non-hydrogen) atoms. The molecule has 112 valence electrons. The second-order valence-electron chi connectivity index (χ2n) is 5.09. The van der Waals surface area contributed by atoms with Crippen molar-refractivity contribution in [2.75, 3.05) is 0 Å². The molecule has 8 heteroatoms. The Balaban J connectivity index is 2.36. The number of benzene rings is 1. The first-order chi connectivity index (χ1) is 9.84. The van der Waals surface area contributed by atoms with Gasteiger partial charge in [-0.05, 0) is 29.1 Å². The zero-order valence-electron chi connectivity index (χ0n) is 10.8. The SMILES string of the molecule is [N-]=[N+]=NC(C(=O)O)C(c1ccc(Cl)cc1)C1CC(F)(F)C1. The molecule has 0 bridgehead atoms. The number of carboxylic acids is 1. The van der Waals surface area contributed by atoms with Crippen LogP contribution < -0.4 is 0 Å². The predicted octanol–water partition coefficient (Wildman–Crippen LogP) is 4.23. The molecule has 0 amide bonds. The van der Waals surface area contributed by atoms with Crippen LogP contribution in [0.4, 0.5) is 8.78 Å². The largest absolute Gasteiger partial charge is 0.481 e. The van der Waals surface area contributed by atoms with Crippen molar-refractivity contribution >= 4 is 17.6 Å². The minimum atomic E-state index is -2.78. The van der Waals surface area contributed by atoms with Gasteiger partial charge in [0.2, 0.25) is 5.92 Å². The second kappa shape index (κ2) is 5.87. The summed E-state index contributed by atoms with van der Waals surface area (Å²) in [5.41, 5.74) is 9.05. The summed E-state index contributed by atoms with van der Waals surface area (Å²) < 4.78 is 26.2. The van der Waals surface area contributed by atoms with Gasteiger partial charge in [-0.1, -0.05) is 28.8 Å². The van der Waals surface area contributed by atoms with E-state index < -0.39 is 42.6 Å². The van der Waals surface area contributed by atoms with Gasteiger partial charge in [0.1, 0.15) is 6.04 Å². The van der Waals surface area contributed by atoms with Crippen LogP contribution in [0.2, 0.25) is 5.02 Å². The van der Waals surface area contributed by atoms with Crippen molar-refractivity contribution in [1.82, 2.24) is 0 Å². The fourth-order valence-corrected chi connectivity index (χ4v) is 2.82. The van der Waals surface area contributed by atoms with Crippen molar-refractivity contribution in [2.45, 2.75) is 30.7 Å². The Morgan fingerprint density at radius 2 is 2.00 bits per heavy atom. The molecule has 1 saturated carbocycles. The summed E-state index contributed by atoms with van der Waals surface area (Å²) in [5, 5.41) is 12.9. The molecule has 1 fully saturated rings. The lowest BCUT2D eigenvalue weighted by Crippen LogP contribution is -2.43. The fourth-order valence-electron chi connectivity index (χ4n) is 2.69. The van der Waals surface area contributed by atoms with Crippen molar-refractivity contribution in [3.8, 4) is 0 Å².